The van der Waals surface area contributed by atoms with Crippen molar-refractivity contribution in [3.05, 3.63) is 41.0 Å². The van der Waals surface area contributed by atoms with Crippen LogP contribution in [0.4, 0.5) is 0 Å². The molecule has 0 heterocycles. The molecule has 0 saturated heterocycles. The highest BCUT2D eigenvalue weighted by molar-refractivity contribution is 5.98. The smallest absolute Gasteiger partial charge is 0.158 e. The zero-order valence-electron chi connectivity index (χ0n) is 11.0. The topological polar surface area (TPSA) is 26.3 Å². The summed E-state index contributed by atoms with van der Waals surface area (Å²) in [7, 11) is 1.60. The Labute approximate surface area is 103 Å². The number of hydrogen-bond donors (Lipinski definition) is 0. The number of hydrogen-bond acceptors (Lipinski definition) is 2. The molecule has 0 fully saturated rings. The summed E-state index contributed by atoms with van der Waals surface area (Å²) in [4.78, 5) is 11.4. The second-order valence-corrected chi connectivity index (χ2v) is 4.48. The van der Waals surface area contributed by atoms with Crippen molar-refractivity contribution in [2.75, 3.05) is 13.7 Å². The Morgan fingerprint density at radius 3 is 2.29 bits per heavy atom. The van der Waals surface area contributed by atoms with Gasteiger partial charge in [-0.3, -0.25) is 4.79 Å². The molecule has 0 aliphatic carbocycles. The number of ether oxygens (including phenoxy) is 1. The molecule has 0 radical (unpaired) electrons. The molecule has 92 valence electrons. The standard InChI is InChI=1S/C15H20O2/c1-11(2)14-7-5-13(6-8-14)9-15(10-17-4)12(3)16/h5-9,11H,10H2,1-4H3/b15-9+. The van der Waals surface area contributed by atoms with Crippen molar-refractivity contribution in [3.63, 3.8) is 0 Å². The first-order valence-corrected chi connectivity index (χ1v) is 5.85. The van der Waals surface area contributed by atoms with Gasteiger partial charge in [-0.05, 0) is 30.0 Å². The largest absolute Gasteiger partial charge is 0.380 e. The number of ketones is 1. The molecule has 0 aromatic heterocycles. The fraction of sp³-hybridized carbons (Fsp3) is 0.400. The minimum Gasteiger partial charge on any atom is -0.380 e. The third-order valence-electron chi connectivity index (χ3n) is 2.70. The summed E-state index contributed by atoms with van der Waals surface area (Å²) < 4.78 is 5.01. The third kappa shape index (κ3) is 4.16. The van der Waals surface area contributed by atoms with Crippen LogP contribution in [-0.4, -0.2) is 19.5 Å². The van der Waals surface area contributed by atoms with E-state index in [1.807, 2.05) is 18.2 Å². The maximum Gasteiger partial charge on any atom is 0.158 e. The van der Waals surface area contributed by atoms with E-state index in [1.54, 1.807) is 14.0 Å². The Hall–Kier alpha value is -1.41. The summed E-state index contributed by atoms with van der Waals surface area (Å²) in [5.41, 5.74) is 3.04. The lowest BCUT2D eigenvalue weighted by molar-refractivity contribution is -0.114. The van der Waals surface area contributed by atoms with Crippen LogP contribution in [0.5, 0.6) is 0 Å². The van der Waals surface area contributed by atoms with Gasteiger partial charge in [0.2, 0.25) is 0 Å². The molecule has 1 aromatic carbocycles. The highest BCUT2D eigenvalue weighted by Gasteiger charge is 2.04. The Morgan fingerprint density at radius 2 is 1.88 bits per heavy atom. The van der Waals surface area contributed by atoms with Crippen molar-refractivity contribution in [1.82, 2.24) is 0 Å². The van der Waals surface area contributed by atoms with Crippen LogP contribution in [0.25, 0.3) is 6.08 Å². The van der Waals surface area contributed by atoms with Crippen LogP contribution < -0.4 is 0 Å². The van der Waals surface area contributed by atoms with Crippen molar-refractivity contribution < 1.29 is 9.53 Å². The first-order valence-electron chi connectivity index (χ1n) is 5.85. The average Bonchev–Trinajstić information content (AvgIpc) is 2.29. The maximum atomic E-state index is 11.4. The van der Waals surface area contributed by atoms with Crippen molar-refractivity contribution >= 4 is 11.9 Å². The van der Waals surface area contributed by atoms with Gasteiger partial charge in [-0.2, -0.15) is 0 Å². The lowest BCUT2D eigenvalue weighted by Crippen LogP contribution is -2.03. The Balaban J connectivity index is 2.92. The van der Waals surface area contributed by atoms with E-state index in [0.29, 0.717) is 18.1 Å². The molecule has 0 amide bonds. The molecule has 0 atom stereocenters. The van der Waals surface area contributed by atoms with Gasteiger partial charge in [0, 0.05) is 12.7 Å². The first-order chi connectivity index (χ1) is 8.04. The molecule has 1 aromatic rings. The summed E-state index contributed by atoms with van der Waals surface area (Å²) in [6.07, 6.45) is 1.88. The van der Waals surface area contributed by atoms with Gasteiger partial charge in [0.15, 0.2) is 5.78 Å². The van der Waals surface area contributed by atoms with E-state index >= 15 is 0 Å². The van der Waals surface area contributed by atoms with Crippen LogP contribution in [0.15, 0.2) is 29.8 Å². The zero-order valence-corrected chi connectivity index (χ0v) is 11.0. The molecular weight excluding hydrogens is 212 g/mol. The Bertz CT molecular complexity index is 399. The van der Waals surface area contributed by atoms with E-state index in [2.05, 4.69) is 26.0 Å². The van der Waals surface area contributed by atoms with Crippen LogP contribution in [0.1, 0.15) is 37.8 Å². The van der Waals surface area contributed by atoms with Gasteiger partial charge < -0.3 is 4.74 Å². The number of benzene rings is 1. The van der Waals surface area contributed by atoms with Gasteiger partial charge in [0.25, 0.3) is 0 Å². The predicted octanol–water partition coefficient (Wildman–Crippen LogP) is 3.43. The zero-order chi connectivity index (χ0) is 12.8. The van der Waals surface area contributed by atoms with Crippen LogP contribution >= 0.6 is 0 Å². The van der Waals surface area contributed by atoms with Crippen molar-refractivity contribution in [2.24, 2.45) is 0 Å². The molecule has 1 rings (SSSR count). The highest BCUT2D eigenvalue weighted by Crippen LogP contribution is 2.16. The second-order valence-electron chi connectivity index (χ2n) is 4.48. The minimum atomic E-state index is 0.0554. The molecular formula is C15H20O2. The van der Waals surface area contributed by atoms with E-state index in [4.69, 9.17) is 4.74 Å². The minimum absolute atomic E-state index is 0.0554. The Morgan fingerprint density at radius 1 is 1.29 bits per heavy atom. The number of carbonyl (C=O) groups excluding carboxylic acids is 1. The third-order valence-corrected chi connectivity index (χ3v) is 2.70. The normalized spacial score (nSPS) is 11.9. The fourth-order valence-electron chi connectivity index (χ4n) is 1.58. The quantitative estimate of drug-likeness (QED) is 0.727. The van der Waals surface area contributed by atoms with Crippen molar-refractivity contribution in [3.8, 4) is 0 Å². The van der Waals surface area contributed by atoms with E-state index in [0.717, 1.165) is 5.56 Å². The molecule has 0 unspecified atom stereocenters. The van der Waals surface area contributed by atoms with Gasteiger partial charge in [0.05, 0.1) is 6.61 Å². The van der Waals surface area contributed by atoms with Crippen LogP contribution in [-0.2, 0) is 9.53 Å². The molecule has 17 heavy (non-hydrogen) atoms. The van der Waals surface area contributed by atoms with Gasteiger partial charge >= 0.3 is 0 Å². The lowest BCUT2D eigenvalue weighted by Gasteiger charge is -2.06. The van der Waals surface area contributed by atoms with E-state index in [-0.39, 0.29) is 5.78 Å². The van der Waals surface area contributed by atoms with Crippen LogP contribution in [0.2, 0.25) is 0 Å². The number of carbonyl (C=O) groups is 1. The van der Waals surface area contributed by atoms with Crippen LogP contribution in [0, 0.1) is 0 Å². The summed E-state index contributed by atoms with van der Waals surface area (Å²) in [6, 6.07) is 8.27. The number of Topliss-reactive ketones (excluding diaryl/α,β-unsaturated/α-hetero) is 1. The monoisotopic (exact) mass is 232 g/mol. The highest BCUT2D eigenvalue weighted by atomic mass is 16.5. The van der Waals surface area contributed by atoms with Gasteiger partial charge in [-0.25, -0.2) is 0 Å². The number of methoxy groups -OCH3 is 1. The molecule has 2 nitrogen and oxygen atoms in total. The molecule has 0 bridgehead atoms. The summed E-state index contributed by atoms with van der Waals surface area (Å²) in [5.74, 6) is 0.582. The van der Waals surface area contributed by atoms with Gasteiger partial charge in [0.1, 0.15) is 0 Å². The van der Waals surface area contributed by atoms with Gasteiger partial charge in [-0.15, -0.1) is 0 Å². The van der Waals surface area contributed by atoms with Crippen molar-refractivity contribution in [2.45, 2.75) is 26.7 Å². The van der Waals surface area contributed by atoms with Crippen LogP contribution in [0.3, 0.4) is 0 Å². The predicted molar refractivity (Wildman–Crippen MR) is 71.1 cm³/mol. The summed E-state index contributed by atoms with van der Waals surface area (Å²) in [5, 5.41) is 0. The second kappa shape index (κ2) is 6.36. The molecule has 0 N–H and O–H groups in total. The number of rotatable bonds is 5. The van der Waals surface area contributed by atoms with E-state index < -0.39 is 0 Å². The maximum absolute atomic E-state index is 11.4. The van der Waals surface area contributed by atoms with E-state index in [9.17, 15) is 4.79 Å². The molecule has 2 heteroatoms. The van der Waals surface area contributed by atoms with E-state index in [1.165, 1.54) is 5.56 Å². The molecule has 0 spiro atoms. The summed E-state index contributed by atoms with van der Waals surface area (Å²) >= 11 is 0. The van der Waals surface area contributed by atoms with Crippen molar-refractivity contribution in [1.29, 1.82) is 0 Å². The Kier molecular flexibility index (Phi) is 5.11. The first kappa shape index (κ1) is 13.7. The molecule has 0 saturated carbocycles. The average molecular weight is 232 g/mol. The van der Waals surface area contributed by atoms with Gasteiger partial charge in [-0.1, -0.05) is 38.1 Å². The lowest BCUT2D eigenvalue weighted by atomic mass is 10.0. The SMILES string of the molecule is COC/C(=C\c1ccc(C(C)C)cc1)C(C)=O. The summed E-state index contributed by atoms with van der Waals surface area (Å²) in [6.45, 7) is 6.25. The fourth-order valence-corrected chi connectivity index (χ4v) is 1.58. The molecule has 0 aliphatic rings. The molecule has 0 aliphatic heterocycles.